The second kappa shape index (κ2) is 5.66. The number of piperidine rings is 1. The number of nitro benzene ring substituents is 1. The van der Waals surface area contributed by atoms with Gasteiger partial charge in [-0.25, -0.2) is 4.79 Å². The summed E-state index contributed by atoms with van der Waals surface area (Å²) < 4.78 is 4.71. The van der Waals surface area contributed by atoms with Gasteiger partial charge in [0.25, 0.3) is 5.69 Å². The molecule has 7 heteroatoms. The smallest absolute Gasteiger partial charge is 0.449 e. The van der Waals surface area contributed by atoms with Crippen LogP contribution in [0.3, 0.4) is 0 Å². The predicted octanol–water partition coefficient (Wildman–Crippen LogP) is 2.12. The van der Waals surface area contributed by atoms with Gasteiger partial charge in [0.2, 0.25) is 0 Å². The van der Waals surface area contributed by atoms with Crippen molar-refractivity contribution in [3.8, 4) is 5.75 Å². The Hall–Kier alpha value is -2.15. The lowest BCUT2D eigenvalue weighted by molar-refractivity contribution is -0.385. The zero-order chi connectivity index (χ0) is 13.8. The van der Waals surface area contributed by atoms with Gasteiger partial charge in [0.05, 0.1) is 4.92 Å². The fourth-order valence-corrected chi connectivity index (χ4v) is 2.29. The molecule has 0 saturated carbocycles. The first-order chi connectivity index (χ1) is 9.08. The minimum absolute atomic E-state index is 0.0497. The van der Waals surface area contributed by atoms with Gasteiger partial charge in [0.15, 0.2) is 0 Å². The summed E-state index contributed by atoms with van der Waals surface area (Å²) in [6, 6.07) is 4.01. The fraction of sp³-hybridized carbons (Fsp3) is 0.417. The topological polar surface area (TPSA) is 102 Å². The van der Waals surface area contributed by atoms with Crippen LogP contribution in [0.1, 0.15) is 24.3 Å². The molecule has 1 saturated heterocycles. The lowest BCUT2D eigenvalue weighted by Crippen LogP contribution is -2.27. The molecule has 2 N–H and O–H groups in total. The molecule has 1 heterocycles. The number of hydrogen-bond donors (Lipinski definition) is 2. The summed E-state index contributed by atoms with van der Waals surface area (Å²) in [6.07, 6.45) is 0.193. The van der Waals surface area contributed by atoms with Crippen molar-refractivity contribution in [3.05, 3.63) is 33.9 Å². The van der Waals surface area contributed by atoms with Crippen molar-refractivity contribution in [1.82, 2.24) is 5.32 Å². The Morgan fingerprint density at radius 3 is 2.68 bits per heavy atom. The van der Waals surface area contributed by atoms with E-state index in [1.165, 1.54) is 18.2 Å². The van der Waals surface area contributed by atoms with E-state index < -0.39 is 11.1 Å². The van der Waals surface area contributed by atoms with Gasteiger partial charge >= 0.3 is 6.16 Å². The van der Waals surface area contributed by atoms with Crippen molar-refractivity contribution in [1.29, 1.82) is 0 Å². The van der Waals surface area contributed by atoms with Crippen molar-refractivity contribution in [3.63, 3.8) is 0 Å². The molecule has 1 aliphatic rings. The molecule has 0 bridgehead atoms. The minimum Gasteiger partial charge on any atom is -0.449 e. The number of hydrogen-bond acceptors (Lipinski definition) is 5. The Bertz CT molecular complexity index is 497. The number of non-ortho nitro benzene ring substituents is 1. The fourth-order valence-electron chi connectivity index (χ4n) is 2.29. The number of rotatable bonds is 3. The normalized spacial score (nSPS) is 16.0. The minimum atomic E-state index is -1.41. The number of carboxylic acid groups (broad SMARTS) is 1. The average molecular weight is 266 g/mol. The molecule has 0 amide bonds. The van der Waals surface area contributed by atoms with E-state index in [2.05, 4.69) is 5.32 Å². The van der Waals surface area contributed by atoms with Crippen molar-refractivity contribution in [2.24, 2.45) is 0 Å². The average Bonchev–Trinajstić information content (AvgIpc) is 2.39. The summed E-state index contributed by atoms with van der Waals surface area (Å²) in [7, 11) is 0. The first-order valence-electron chi connectivity index (χ1n) is 5.98. The van der Waals surface area contributed by atoms with E-state index in [9.17, 15) is 14.9 Å². The molecule has 19 heavy (non-hydrogen) atoms. The van der Waals surface area contributed by atoms with Crippen LogP contribution in [0, 0.1) is 10.1 Å². The van der Waals surface area contributed by atoms with Crippen LogP contribution < -0.4 is 10.1 Å². The first-order valence-corrected chi connectivity index (χ1v) is 5.98. The Kier molecular flexibility index (Phi) is 3.96. The number of nitrogens with one attached hydrogen (secondary N) is 1. The summed E-state index contributed by atoms with van der Waals surface area (Å²) >= 11 is 0. The van der Waals surface area contributed by atoms with Gasteiger partial charge in [0.1, 0.15) is 5.75 Å². The standard InChI is InChI=1S/C12H14N2O5/c15-12(16)19-11-2-1-9(14(17)18)7-10(11)8-3-5-13-6-4-8/h1-2,7-8,13H,3-6H2,(H,15,16). The molecule has 0 atom stereocenters. The lowest BCUT2D eigenvalue weighted by Gasteiger charge is -2.24. The third-order valence-corrected chi connectivity index (χ3v) is 3.18. The van der Waals surface area contributed by atoms with Crippen LogP contribution in [0.25, 0.3) is 0 Å². The highest BCUT2D eigenvalue weighted by Gasteiger charge is 2.23. The van der Waals surface area contributed by atoms with Crippen molar-refractivity contribution in [2.45, 2.75) is 18.8 Å². The van der Waals surface area contributed by atoms with E-state index in [1.54, 1.807) is 0 Å². The SMILES string of the molecule is O=C(O)Oc1ccc([N+](=O)[O-])cc1C1CCNCC1. The molecule has 0 aromatic heterocycles. The Labute approximate surface area is 109 Å². The molecule has 1 aromatic carbocycles. The maximum absolute atomic E-state index is 10.8. The molecule has 0 radical (unpaired) electrons. The second-order valence-electron chi connectivity index (χ2n) is 4.37. The molecule has 1 fully saturated rings. The van der Waals surface area contributed by atoms with Gasteiger partial charge in [-0.15, -0.1) is 0 Å². The van der Waals surface area contributed by atoms with E-state index >= 15 is 0 Å². The van der Waals surface area contributed by atoms with Gasteiger partial charge in [-0.05, 0) is 37.9 Å². The van der Waals surface area contributed by atoms with Crippen LogP contribution in [0.15, 0.2) is 18.2 Å². The highest BCUT2D eigenvalue weighted by atomic mass is 16.7. The van der Waals surface area contributed by atoms with Crippen LogP contribution in [-0.4, -0.2) is 29.3 Å². The molecule has 0 spiro atoms. The van der Waals surface area contributed by atoms with E-state index in [-0.39, 0.29) is 17.4 Å². The van der Waals surface area contributed by atoms with Crippen molar-refractivity contribution in [2.75, 3.05) is 13.1 Å². The first kappa shape index (κ1) is 13.3. The van der Waals surface area contributed by atoms with E-state index in [4.69, 9.17) is 9.84 Å². The molecule has 7 nitrogen and oxygen atoms in total. The van der Waals surface area contributed by atoms with E-state index in [0.717, 1.165) is 25.9 Å². The van der Waals surface area contributed by atoms with Crippen molar-refractivity contribution < 1.29 is 19.6 Å². The largest absolute Gasteiger partial charge is 0.511 e. The maximum Gasteiger partial charge on any atom is 0.511 e. The molecule has 1 aliphatic heterocycles. The Morgan fingerprint density at radius 2 is 2.11 bits per heavy atom. The van der Waals surface area contributed by atoms with Crippen LogP contribution in [0.2, 0.25) is 0 Å². The number of nitro groups is 1. The molecular weight excluding hydrogens is 252 g/mol. The maximum atomic E-state index is 10.8. The predicted molar refractivity (Wildman–Crippen MR) is 66.6 cm³/mol. The number of nitrogens with zero attached hydrogens (tertiary/aromatic N) is 1. The number of carbonyl (C=O) groups is 1. The molecule has 1 aromatic rings. The zero-order valence-corrected chi connectivity index (χ0v) is 10.2. The number of ether oxygens (including phenoxy) is 1. The van der Waals surface area contributed by atoms with Gasteiger partial charge < -0.3 is 15.2 Å². The van der Waals surface area contributed by atoms with Crippen LogP contribution in [-0.2, 0) is 0 Å². The van der Waals surface area contributed by atoms with Crippen LogP contribution in [0.4, 0.5) is 10.5 Å². The molecule has 0 aliphatic carbocycles. The van der Waals surface area contributed by atoms with Crippen LogP contribution in [0.5, 0.6) is 5.75 Å². The molecule has 102 valence electrons. The monoisotopic (exact) mass is 266 g/mol. The molecule has 0 unspecified atom stereocenters. The van der Waals surface area contributed by atoms with E-state index in [0.29, 0.717) is 5.56 Å². The van der Waals surface area contributed by atoms with Gasteiger partial charge in [-0.1, -0.05) is 0 Å². The van der Waals surface area contributed by atoms with Gasteiger partial charge in [-0.2, -0.15) is 0 Å². The summed E-state index contributed by atoms with van der Waals surface area (Å²) in [5.74, 6) is 0.264. The Balaban J connectivity index is 2.36. The molecular formula is C12H14N2O5. The van der Waals surface area contributed by atoms with Crippen molar-refractivity contribution >= 4 is 11.8 Å². The second-order valence-corrected chi connectivity index (χ2v) is 4.37. The summed E-state index contributed by atoms with van der Waals surface area (Å²) in [6.45, 7) is 1.61. The zero-order valence-electron chi connectivity index (χ0n) is 10.2. The summed E-state index contributed by atoms with van der Waals surface area (Å²) in [5, 5.41) is 22.7. The summed E-state index contributed by atoms with van der Waals surface area (Å²) in [4.78, 5) is 21.0. The van der Waals surface area contributed by atoms with Gasteiger partial charge in [0, 0.05) is 17.7 Å². The van der Waals surface area contributed by atoms with E-state index in [1.807, 2.05) is 0 Å². The quantitative estimate of drug-likeness (QED) is 0.376. The summed E-state index contributed by atoms with van der Waals surface area (Å²) in [5.41, 5.74) is 0.546. The molecule has 2 rings (SSSR count). The van der Waals surface area contributed by atoms with Crippen LogP contribution >= 0.6 is 0 Å². The third-order valence-electron chi connectivity index (χ3n) is 3.18. The lowest BCUT2D eigenvalue weighted by atomic mass is 9.89. The Morgan fingerprint density at radius 1 is 1.42 bits per heavy atom. The highest BCUT2D eigenvalue weighted by Crippen LogP contribution is 2.35. The third kappa shape index (κ3) is 3.19. The number of benzene rings is 1. The van der Waals surface area contributed by atoms with Gasteiger partial charge in [-0.3, -0.25) is 10.1 Å². The highest BCUT2D eigenvalue weighted by molar-refractivity contribution is 5.63.